The predicted molar refractivity (Wildman–Crippen MR) is 56.6 cm³/mol. The number of amides is 1. The standard InChI is InChI=1S/C11H14N2O2/c14-11(15-10-3-1-2-4-10)13-9-5-7-12-8-6-9/h5-8,10H,1-4H2,(H,12,13,14). The Balaban J connectivity index is 1.82. The number of carbonyl (C=O) groups excluding carboxylic acids is 1. The fourth-order valence-corrected chi connectivity index (χ4v) is 1.74. The number of ether oxygens (including phenoxy) is 1. The van der Waals surface area contributed by atoms with Crippen LogP contribution in [0.4, 0.5) is 10.5 Å². The summed E-state index contributed by atoms with van der Waals surface area (Å²) in [6.45, 7) is 0. The minimum absolute atomic E-state index is 0.104. The number of pyridine rings is 1. The molecule has 1 aromatic rings. The second-order valence-corrected chi connectivity index (χ2v) is 3.67. The van der Waals surface area contributed by atoms with Crippen molar-refractivity contribution in [3.05, 3.63) is 24.5 Å². The summed E-state index contributed by atoms with van der Waals surface area (Å²) in [4.78, 5) is 15.3. The Morgan fingerprint density at radius 3 is 2.67 bits per heavy atom. The Kier molecular flexibility index (Phi) is 3.17. The maximum atomic E-state index is 11.4. The first-order chi connectivity index (χ1) is 7.34. The first kappa shape index (κ1) is 9.96. The number of anilines is 1. The summed E-state index contributed by atoms with van der Waals surface area (Å²) in [6, 6.07) is 3.46. The molecule has 1 heterocycles. The number of nitrogens with one attached hydrogen (secondary N) is 1. The van der Waals surface area contributed by atoms with Crippen molar-refractivity contribution in [2.24, 2.45) is 0 Å². The van der Waals surface area contributed by atoms with Crippen LogP contribution in [0, 0.1) is 0 Å². The molecule has 0 atom stereocenters. The van der Waals surface area contributed by atoms with Gasteiger partial charge in [-0.1, -0.05) is 0 Å². The molecule has 1 amide bonds. The minimum atomic E-state index is -0.367. The topological polar surface area (TPSA) is 51.2 Å². The highest BCUT2D eigenvalue weighted by Crippen LogP contribution is 2.21. The van der Waals surface area contributed by atoms with E-state index in [1.165, 1.54) is 0 Å². The monoisotopic (exact) mass is 206 g/mol. The lowest BCUT2D eigenvalue weighted by Crippen LogP contribution is -2.20. The van der Waals surface area contributed by atoms with Gasteiger partial charge in [-0.05, 0) is 37.8 Å². The molecule has 4 nitrogen and oxygen atoms in total. The van der Waals surface area contributed by atoms with E-state index < -0.39 is 0 Å². The molecule has 1 N–H and O–H groups in total. The van der Waals surface area contributed by atoms with E-state index >= 15 is 0 Å². The Labute approximate surface area is 88.7 Å². The zero-order valence-corrected chi connectivity index (χ0v) is 8.48. The van der Waals surface area contributed by atoms with E-state index in [-0.39, 0.29) is 12.2 Å². The van der Waals surface area contributed by atoms with Crippen molar-refractivity contribution in [1.29, 1.82) is 0 Å². The van der Waals surface area contributed by atoms with E-state index in [9.17, 15) is 4.79 Å². The molecule has 2 rings (SSSR count). The molecule has 0 aliphatic heterocycles. The highest BCUT2D eigenvalue weighted by atomic mass is 16.6. The Hall–Kier alpha value is -1.58. The van der Waals surface area contributed by atoms with Gasteiger partial charge >= 0.3 is 6.09 Å². The van der Waals surface area contributed by atoms with Crippen molar-refractivity contribution in [2.75, 3.05) is 5.32 Å². The molecule has 1 saturated carbocycles. The van der Waals surface area contributed by atoms with Crippen molar-refractivity contribution in [1.82, 2.24) is 4.98 Å². The highest BCUT2D eigenvalue weighted by Gasteiger charge is 2.18. The molecule has 1 aromatic heterocycles. The number of carbonyl (C=O) groups is 1. The SMILES string of the molecule is O=C(Nc1ccncc1)OC1CCCC1. The van der Waals surface area contributed by atoms with Gasteiger partial charge in [0.05, 0.1) is 0 Å². The molecule has 1 fully saturated rings. The number of hydrogen-bond acceptors (Lipinski definition) is 3. The van der Waals surface area contributed by atoms with Crippen molar-refractivity contribution in [3.63, 3.8) is 0 Å². The number of hydrogen-bond donors (Lipinski definition) is 1. The van der Waals surface area contributed by atoms with Crippen molar-refractivity contribution in [2.45, 2.75) is 31.8 Å². The molecule has 0 spiro atoms. The Bertz CT molecular complexity index is 321. The fraction of sp³-hybridized carbons (Fsp3) is 0.455. The van der Waals surface area contributed by atoms with Crippen LogP contribution in [-0.4, -0.2) is 17.2 Å². The zero-order chi connectivity index (χ0) is 10.5. The maximum absolute atomic E-state index is 11.4. The molecule has 0 saturated heterocycles. The molecule has 4 heteroatoms. The Morgan fingerprint density at radius 1 is 1.33 bits per heavy atom. The van der Waals surface area contributed by atoms with Crippen molar-refractivity contribution in [3.8, 4) is 0 Å². The average molecular weight is 206 g/mol. The largest absolute Gasteiger partial charge is 0.446 e. The van der Waals surface area contributed by atoms with Crippen molar-refractivity contribution >= 4 is 11.8 Å². The molecule has 0 unspecified atom stereocenters. The van der Waals surface area contributed by atoms with E-state index in [1.807, 2.05) is 0 Å². The van der Waals surface area contributed by atoms with Gasteiger partial charge in [0.15, 0.2) is 0 Å². The summed E-state index contributed by atoms with van der Waals surface area (Å²) in [5, 5.41) is 2.67. The third-order valence-corrected chi connectivity index (χ3v) is 2.50. The van der Waals surface area contributed by atoms with Gasteiger partial charge in [-0.2, -0.15) is 0 Å². The lowest BCUT2D eigenvalue weighted by atomic mass is 10.3. The van der Waals surface area contributed by atoms with Crippen LogP contribution in [0.15, 0.2) is 24.5 Å². The maximum Gasteiger partial charge on any atom is 0.411 e. The Morgan fingerprint density at radius 2 is 2.00 bits per heavy atom. The average Bonchev–Trinajstić information content (AvgIpc) is 2.71. The van der Waals surface area contributed by atoms with E-state index in [2.05, 4.69) is 10.3 Å². The van der Waals surface area contributed by atoms with Gasteiger partial charge in [-0.3, -0.25) is 10.3 Å². The van der Waals surface area contributed by atoms with E-state index in [1.54, 1.807) is 24.5 Å². The van der Waals surface area contributed by atoms with Gasteiger partial charge in [0, 0.05) is 18.1 Å². The van der Waals surface area contributed by atoms with Crippen LogP contribution in [0.1, 0.15) is 25.7 Å². The van der Waals surface area contributed by atoms with Gasteiger partial charge in [-0.15, -0.1) is 0 Å². The van der Waals surface area contributed by atoms with Crippen LogP contribution in [0.2, 0.25) is 0 Å². The third kappa shape index (κ3) is 2.94. The summed E-state index contributed by atoms with van der Waals surface area (Å²) in [6.07, 6.45) is 7.30. The third-order valence-electron chi connectivity index (χ3n) is 2.50. The van der Waals surface area contributed by atoms with Crippen LogP contribution in [-0.2, 0) is 4.74 Å². The quantitative estimate of drug-likeness (QED) is 0.809. The molecule has 1 aliphatic carbocycles. The molecular formula is C11H14N2O2. The molecule has 0 aromatic carbocycles. The van der Waals surface area contributed by atoms with Crippen LogP contribution in [0.25, 0.3) is 0 Å². The van der Waals surface area contributed by atoms with Crippen LogP contribution in [0.5, 0.6) is 0 Å². The summed E-state index contributed by atoms with van der Waals surface area (Å²) in [5.74, 6) is 0. The van der Waals surface area contributed by atoms with Crippen molar-refractivity contribution < 1.29 is 9.53 Å². The first-order valence-electron chi connectivity index (χ1n) is 5.22. The van der Waals surface area contributed by atoms with Crippen LogP contribution in [0.3, 0.4) is 0 Å². The summed E-state index contributed by atoms with van der Waals surface area (Å²) in [5.41, 5.74) is 0.716. The molecule has 0 bridgehead atoms. The molecule has 1 aliphatic rings. The first-order valence-corrected chi connectivity index (χ1v) is 5.22. The predicted octanol–water partition coefficient (Wildman–Crippen LogP) is 2.57. The normalized spacial score (nSPS) is 16.3. The number of aromatic nitrogens is 1. The number of nitrogens with zero attached hydrogens (tertiary/aromatic N) is 1. The molecular weight excluding hydrogens is 192 g/mol. The van der Waals surface area contributed by atoms with Gasteiger partial charge in [0.2, 0.25) is 0 Å². The summed E-state index contributed by atoms with van der Waals surface area (Å²) in [7, 11) is 0. The van der Waals surface area contributed by atoms with Crippen LogP contribution < -0.4 is 5.32 Å². The highest BCUT2D eigenvalue weighted by molar-refractivity contribution is 5.84. The van der Waals surface area contributed by atoms with Gasteiger partial charge < -0.3 is 4.74 Å². The lowest BCUT2D eigenvalue weighted by Gasteiger charge is -2.11. The minimum Gasteiger partial charge on any atom is -0.446 e. The van der Waals surface area contributed by atoms with E-state index in [0.29, 0.717) is 5.69 Å². The molecule has 15 heavy (non-hydrogen) atoms. The smallest absolute Gasteiger partial charge is 0.411 e. The molecule has 80 valence electrons. The van der Waals surface area contributed by atoms with Gasteiger partial charge in [-0.25, -0.2) is 4.79 Å². The summed E-state index contributed by atoms with van der Waals surface area (Å²) >= 11 is 0. The second kappa shape index (κ2) is 4.77. The van der Waals surface area contributed by atoms with Gasteiger partial charge in [0.1, 0.15) is 6.10 Å². The summed E-state index contributed by atoms with van der Waals surface area (Å²) < 4.78 is 5.24. The van der Waals surface area contributed by atoms with E-state index in [4.69, 9.17) is 4.74 Å². The fourth-order valence-electron chi connectivity index (χ4n) is 1.74. The lowest BCUT2D eigenvalue weighted by molar-refractivity contribution is 0.114. The second-order valence-electron chi connectivity index (χ2n) is 3.67. The van der Waals surface area contributed by atoms with Gasteiger partial charge in [0.25, 0.3) is 0 Å². The number of rotatable bonds is 2. The molecule has 0 radical (unpaired) electrons. The zero-order valence-electron chi connectivity index (χ0n) is 8.48. The van der Waals surface area contributed by atoms with E-state index in [0.717, 1.165) is 25.7 Å². The van der Waals surface area contributed by atoms with Crippen LogP contribution >= 0.6 is 0 Å².